The fourth-order valence-corrected chi connectivity index (χ4v) is 2.18. The Bertz CT molecular complexity index is 642. The molecule has 1 rings (SSSR count). The molecule has 0 heterocycles. The van der Waals surface area contributed by atoms with Crippen LogP contribution in [0.4, 0.5) is 18.9 Å². The lowest BCUT2D eigenvalue weighted by atomic mass is 9.87. The van der Waals surface area contributed by atoms with Crippen molar-refractivity contribution in [3.63, 3.8) is 0 Å². The molecule has 0 bridgehead atoms. The van der Waals surface area contributed by atoms with Crippen LogP contribution in [0, 0.1) is 6.92 Å². The number of hydrogen-bond donors (Lipinski definition) is 1. The van der Waals surface area contributed by atoms with Crippen LogP contribution in [0.2, 0.25) is 0 Å². The van der Waals surface area contributed by atoms with Gasteiger partial charge in [0.05, 0.1) is 19.1 Å². The third-order valence-electron chi connectivity index (χ3n) is 4.07. The van der Waals surface area contributed by atoms with Crippen molar-refractivity contribution in [3.05, 3.63) is 35.9 Å². The zero-order chi connectivity index (χ0) is 19.4. The van der Waals surface area contributed by atoms with Gasteiger partial charge in [-0.15, -0.1) is 6.58 Å². The lowest BCUT2D eigenvalue weighted by Crippen LogP contribution is -2.42. The van der Waals surface area contributed by atoms with E-state index >= 15 is 0 Å². The molecule has 140 valence electrons. The number of hydrogen-bond acceptors (Lipinski definition) is 3. The maximum atomic E-state index is 13.5. The zero-order valence-corrected chi connectivity index (χ0v) is 15.2. The summed E-state index contributed by atoms with van der Waals surface area (Å²) in [6, 6.07) is 2.89. The van der Waals surface area contributed by atoms with Crippen LogP contribution >= 0.6 is 0 Å². The van der Waals surface area contributed by atoms with E-state index in [9.17, 15) is 18.3 Å². The molecule has 0 aliphatic heterocycles. The molecule has 1 atom stereocenters. The van der Waals surface area contributed by atoms with E-state index in [0.29, 0.717) is 11.3 Å². The van der Waals surface area contributed by atoms with Crippen molar-refractivity contribution >= 4 is 12.0 Å². The number of methoxy groups -OCH3 is 1. The molecule has 7 heteroatoms. The highest BCUT2D eigenvalue weighted by Crippen LogP contribution is 2.46. The third-order valence-corrected chi connectivity index (χ3v) is 4.07. The Morgan fingerprint density at radius 1 is 1.36 bits per heavy atom. The second kappa shape index (κ2) is 7.91. The Kier molecular flexibility index (Phi) is 6.65. The highest BCUT2D eigenvalue weighted by molar-refractivity contribution is 5.65. The monoisotopic (exact) mass is 358 g/mol. The molecule has 0 amide bonds. The van der Waals surface area contributed by atoms with Gasteiger partial charge in [-0.1, -0.05) is 6.08 Å². The van der Waals surface area contributed by atoms with E-state index in [1.54, 1.807) is 13.3 Å². The number of halogens is 3. The van der Waals surface area contributed by atoms with E-state index in [-0.39, 0.29) is 17.4 Å². The number of aliphatic imine (C=N–C) groups is 1. The Morgan fingerprint density at radius 2 is 1.96 bits per heavy atom. The second-order valence-corrected chi connectivity index (χ2v) is 6.19. The van der Waals surface area contributed by atoms with E-state index in [1.807, 2.05) is 25.8 Å². The Balaban J connectivity index is 3.46. The van der Waals surface area contributed by atoms with Gasteiger partial charge in [-0.3, -0.25) is 0 Å². The molecule has 0 fully saturated rings. The minimum Gasteiger partial charge on any atom is -0.496 e. The van der Waals surface area contributed by atoms with Crippen molar-refractivity contribution in [2.75, 3.05) is 14.2 Å². The number of nitrogens with zero attached hydrogens (tertiary/aromatic N) is 2. The van der Waals surface area contributed by atoms with Gasteiger partial charge in [0.2, 0.25) is 0 Å². The van der Waals surface area contributed by atoms with Crippen LogP contribution < -0.4 is 4.74 Å². The van der Waals surface area contributed by atoms with Gasteiger partial charge in [-0.2, -0.15) is 13.2 Å². The van der Waals surface area contributed by atoms with Gasteiger partial charge >= 0.3 is 6.18 Å². The highest BCUT2D eigenvalue weighted by atomic mass is 19.4. The average molecular weight is 358 g/mol. The van der Waals surface area contributed by atoms with Crippen molar-refractivity contribution in [2.24, 2.45) is 4.99 Å². The van der Waals surface area contributed by atoms with Gasteiger partial charge in [-0.25, -0.2) is 4.99 Å². The molecule has 0 aliphatic carbocycles. The molecular weight excluding hydrogens is 333 g/mol. The van der Waals surface area contributed by atoms with Crippen LogP contribution in [0.3, 0.4) is 0 Å². The fourth-order valence-electron chi connectivity index (χ4n) is 2.18. The van der Waals surface area contributed by atoms with Crippen molar-refractivity contribution in [1.82, 2.24) is 4.90 Å². The third kappa shape index (κ3) is 4.54. The van der Waals surface area contributed by atoms with Crippen LogP contribution in [-0.4, -0.2) is 42.7 Å². The molecule has 25 heavy (non-hydrogen) atoms. The molecule has 0 aliphatic rings. The number of rotatable bonds is 7. The van der Waals surface area contributed by atoms with Gasteiger partial charge in [-0.05, 0) is 32.4 Å². The largest absolute Gasteiger partial charge is 0.496 e. The lowest BCUT2D eigenvalue weighted by Gasteiger charge is -2.31. The predicted molar refractivity (Wildman–Crippen MR) is 93.5 cm³/mol. The SMILES string of the molecule is C=CCC(O)(c1cc(C)c(N=CN(C)C(C)C)cc1OC)C(F)(F)F. The van der Waals surface area contributed by atoms with E-state index in [1.165, 1.54) is 19.2 Å². The molecule has 0 spiro atoms. The second-order valence-electron chi connectivity index (χ2n) is 6.19. The van der Waals surface area contributed by atoms with Crippen LogP contribution in [0.15, 0.2) is 29.8 Å². The van der Waals surface area contributed by atoms with Gasteiger partial charge in [0.15, 0.2) is 5.60 Å². The first kappa shape index (κ1) is 21.0. The molecule has 4 nitrogen and oxygen atoms in total. The average Bonchev–Trinajstić information content (AvgIpc) is 2.51. The summed E-state index contributed by atoms with van der Waals surface area (Å²) in [4.78, 5) is 6.17. The maximum Gasteiger partial charge on any atom is 0.421 e. The van der Waals surface area contributed by atoms with Crippen LogP contribution in [0.25, 0.3) is 0 Å². The zero-order valence-electron chi connectivity index (χ0n) is 15.2. The van der Waals surface area contributed by atoms with Crippen LogP contribution in [-0.2, 0) is 5.60 Å². The summed E-state index contributed by atoms with van der Waals surface area (Å²) in [7, 11) is 3.11. The Morgan fingerprint density at radius 3 is 2.40 bits per heavy atom. The standard InChI is InChI=1S/C18H25F3N2O2/c1-7-8-17(24,18(19,20)21)14-9-13(4)15(10-16(14)25-6)22-11-23(5)12(2)3/h7,9-12,24H,1,8H2,2-6H3. The first-order valence-electron chi connectivity index (χ1n) is 7.83. The van der Waals surface area contributed by atoms with Crippen molar-refractivity contribution < 1.29 is 23.0 Å². The molecule has 1 unspecified atom stereocenters. The summed E-state index contributed by atoms with van der Waals surface area (Å²) in [5.41, 5.74) is -2.45. The number of aryl methyl sites for hydroxylation is 1. The summed E-state index contributed by atoms with van der Waals surface area (Å²) in [6.45, 7) is 8.93. The number of benzene rings is 1. The molecule has 0 saturated heterocycles. The van der Waals surface area contributed by atoms with E-state index in [4.69, 9.17) is 4.74 Å². The molecule has 1 N–H and O–H groups in total. The maximum absolute atomic E-state index is 13.5. The van der Waals surface area contributed by atoms with Crippen LogP contribution in [0.5, 0.6) is 5.75 Å². The van der Waals surface area contributed by atoms with Crippen molar-refractivity contribution in [3.8, 4) is 5.75 Å². The van der Waals surface area contributed by atoms with Gasteiger partial charge < -0.3 is 14.7 Å². The summed E-state index contributed by atoms with van der Waals surface area (Å²) >= 11 is 0. The van der Waals surface area contributed by atoms with E-state index in [2.05, 4.69) is 11.6 Å². The van der Waals surface area contributed by atoms with E-state index < -0.39 is 18.2 Å². The number of ether oxygens (including phenoxy) is 1. The van der Waals surface area contributed by atoms with Crippen molar-refractivity contribution in [2.45, 2.75) is 45.0 Å². The molecule has 1 aromatic rings. The summed E-state index contributed by atoms with van der Waals surface area (Å²) in [5, 5.41) is 10.3. The number of aliphatic hydroxyl groups is 1. The lowest BCUT2D eigenvalue weighted by molar-refractivity contribution is -0.265. The van der Waals surface area contributed by atoms with Gasteiger partial charge in [0.1, 0.15) is 5.75 Å². The first-order valence-corrected chi connectivity index (χ1v) is 7.83. The highest BCUT2D eigenvalue weighted by Gasteiger charge is 2.55. The topological polar surface area (TPSA) is 45.1 Å². The minimum atomic E-state index is -4.87. The Labute approximate surface area is 146 Å². The number of alkyl halides is 3. The molecule has 0 saturated carbocycles. The minimum absolute atomic E-state index is 0.0772. The molecule has 0 aromatic heterocycles. The first-order chi connectivity index (χ1) is 11.5. The molecular formula is C18H25F3N2O2. The normalized spacial score (nSPS) is 14.6. The summed E-state index contributed by atoms with van der Waals surface area (Å²) in [6.07, 6.45) is -2.91. The van der Waals surface area contributed by atoms with Gasteiger partial charge in [0.25, 0.3) is 0 Å². The Hall–Kier alpha value is -2.02. The van der Waals surface area contributed by atoms with Crippen LogP contribution in [0.1, 0.15) is 31.4 Å². The summed E-state index contributed by atoms with van der Waals surface area (Å²) in [5.74, 6) is -0.0772. The predicted octanol–water partition coefficient (Wildman–Crippen LogP) is 4.33. The smallest absolute Gasteiger partial charge is 0.421 e. The summed E-state index contributed by atoms with van der Waals surface area (Å²) < 4.78 is 45.5. The quantitative estimate of drug-likeness (QED) is 0.448. The van der Waals surface area contributed by atoms with Crippen molar-refractivity contribution in [1.29, 1.82) is 0 Å². The van der Waals surface area contributed by atoms with Gasteiger partial charge in [0, 0.05) is 31.1 Å². The van der Waals surface area contributed by atoms with E-state index in [0.717, 1.165) is 6.08 Å². The molecule has 1 aromatic carbocycles. The fraction of sp³-hybridized carbons (Fsp3) is 0.500. The molecule has 0 radical (unpaired) electrons.